The Morgan fingerprint density at radius 2 is 1.77 bits per heavy atom. The number of carboxylic acid groups (broad SMARTS) is 1. The molecule has 0 aliphatic carbocycles. The molecule has 0 saturated carbocycles. The Bertz CT molecular complexity index is 477. The summed E-state index contributed by atoms with van der Waals surface area (Å²) in [5, 5.41) is 24.1. The van der Waals surface area contributed by atoms with Crippen molar-refractivity contribution in [1.29, 1.82) is 0 Å². The molecule has 0 unspecified atom stereocenters. The fourth-order valence-corrected chi connectivity index (χ4v) is 2.09. The smallest absolute Gasteiger partial charge is 0.404 e. The first kappa shape index (κ1) is 18.3. The van der Waals surface area contributed by atoms with Crippen molar-refractivity contribution in [3.05, 3.63) is 35.4 Å². The van der Waals surface area contributed by atoms with Crippen LogP contribution in [0.2, 0.25) is 0 Å². The molecule has 0 aromatic heterocycles. The molecular formula is C15H22F2N2O3. The van der Waals surface area contributed by atoms with Crippen LogP contribution in [0.5, 0.6) is 0 Å². The molecule has 1 rings (SSSR count). The van der Waals surface area contributed by atoms with Crippen molar-refractivity contribution in [2.45, 2.75) is 32.4 Å². The Labute approximate surface area is 128 Å². The molecule has 2 atom stereocenters. The highest BCUT2D eigenvalue weighted by Gasteiger charge is 2.22. The third-order valence-corrected chi connectivity index (χ3v) is 3.06. The van der Waals surface area contributed by atoms with Crippen molar-refractivity contribution in [2.75, 3.05) is 13.1 Å². The molecule has 1 aromatic carbocycles. The third kappa shape index (κ3) is 6.82. The van der Waals surface area contributed by atoms with Crippen LogP contribution in [0.4, 0.5) is 13.6 Å². The number of aliphatic hydroxyl groups excluding tert-OH is 1. The van der Waals surface area contributed by atoms with Gasteiger partial charge in [0.15, 0.2) is 0 Å². The summed E-state index contributed by atoms with van der Waals surface area (Å²) >= 11 is 0. The van der Waals surface area contributed by atoms with Gasteiger partial charge in [0.05, 0.1) is 12.1 Å². The van der Waals surface area contributed by atoms with Gasteiger partial charge in [-0.05, 0) is 36.6 Å². The van der Waals surface area contributed by atoms with Crippen LogP contribution in [0, 0.1) is 17.6 Å². The van der Waals surface area contributed by atoms with Crippen LogP contribution in [0.1, 0.15) is 19.4 Å². The average Bonchev–Trinajstić information content (AvgIpc) is 2.35. The molecule has 0 heterocycles. The van der Waals surface area contributed by atoms with Gasteiger partial charge in [-0.1, -0.05) is 13.8 Å². The lowest BCUT2D eigenvalue weighted by molar-refractivity contribution is 0.117. The van der Waals surface area contributed by atoms with Gasteiger partial charge in [-0.3, -0.25) is 0 Å². The fraction of sp³-hybridized carbons (Fsp3) is 0.533. The van der Waals surface area contributed by atoms with E-state index >= 15 is 0 Å². The van der Waals surface area contributed by atoms with Gasteiger partial charge in [0.2, 0.25) is 0 Å². The quantitative estimate of drug-likeness (QED) is 0.589. The maximum absolute atomic E-state index is 13.2. The lowest BCUT2D eigenvalue weighted by atomic mass is 10.0. The van der Waals surface area contributed by atoms with Crippen LogP contribution < -0.4 is 10.6 Å². The van der Waals surface area contributed by atoms with E-state index in [0.717, 1.165) is 18.2 Å². The first-order chi connectivity index (χ1) is 10.3. The SMILES string of the molecule is CC(C)CNC[C@H](O)[C@H](Cc1cc(F)cc(F)c1)NC(=O)O. The number of nitrogens with one attached hydrogen (secondary N) is 2. The lowest BCUT2D eigenvalue weighted by Crippen LogP contribution is -2.48. The number of amides is 1. The standard InChI is InChI=1S/C15H22F2N2O3/c1-9(2)7-18-8-14(20)13(19-15(21)22)5-10-3-11(16)6-12(17)4-10/h3-4,6,9,13-14,18-20H,5,7-8H2,1-2H3,(H,21,22)/t13-,14-/m0/s1. The van der Waals surface area contributed by atoms with Crippen molar-refractivity contribution in [2.24, 2.45) is 5.92 Å². The Morgan fingerprint density at radius 3 is 2.27 bits per heavy atom. The molecule has 1 aromatic rings. The summed E-state index contributed by atoms with van der Waals surface area (Å²) in [6.45, 7) is 4.86. The highest BCUT2D eigenvalue weighted by molar-refractivity contribution is 5.65. The topological polar surface area (TPSA) is 81.6 Å². The van der Waals surface area contributed by atoms with E-state index in [1.54, 1.807) is 0 Å². The van der Waals surface area contributed by atoms with Crippen LogP contribution in [-0.2, 0) is 6.42 Å². The van der Waals surface area contributed by atoms with E-state index < -0.39 is 29.9 Å². The zero-order valence-electron chi connectivity index (χ0n) is 12.6. The molecule has 0 aliphatic rings. The fourth-order valence-electron chi connectivity index (χ4n) is 2.09. The average molecular weight is 316 g/mol. The lowest BCUT2D eigenvalue weighted by Gasteiger charge is -2.24. The summed E-state index contributed by atoms with van der Waals surface area (Å²) in [7, 11) is 0. The highest BCUT2D eigenvalue weighted by Crippen LogP contribution is 2.12. The summed E-state index contributed by atoms with van der Waals surface area (Å²) in [5.74, 6) is -1.09. The molecule has 0 radical (unpaired) electrons. The van der Waals surface area contributed by atoms with E-state index in [2.05, 4.69) is 10.6 Å². The molecule has 4 N–H and O–H groups in total. The van der Waals surface area contributed by atoms with E-state index in [0.29, 0.717) is 12.5 Å². The number of benzene rings is 1. The predicted octanol–water partition coefficient (Wildman–Crippen LogP) is 1.75. The number of rotatable bonds is 8. The van der Waals surface area contributed by atoms with Crippen LogP contribution in [0.25, 0.3) is 0 Å². The molecule has 0 aliphatic heterocycles. The van der Waals surface area contributed by atoms with Crippen molar-refractivity contribution in [3.63, 3.8) is 0 Å². The normalized spacial score (nSPS) is 13.9. The van der Waals surface area contributed by atoms with Crippen molar-refractivity contribution < 1.29 is 23.8 Å². The summed E-state index contributed by atoms with van der Waals surface area (Å²) in [6, 6.07) is 2.12. The Hall–Kier alpha value is -1.73. The van der Waals surface area contributed by atoms with Crippen LogP contribution in [-0.4, -0.2) is 41.5 Å². The van der Waals surface area contributed by atoms with E-state index in [9.17, 15) is 18.7 Å². The molecule has 0 saturated heterocycles. The van der Waals surface area contributed by atoms with Crippen molar-refractivity contribution in [3.8, 4) is 0 Å². The largest absolute Gasteiger partial charge is 0.465 e. The monoisotopic (exact) mass is 316 g/mol. The van der Waals surface area contributed by atoms with Gasteiger partial charge >= 0.3 is 6.09 Å². The van der Waals surface area contributed by atoms with Crippen LogP contribution in [0.3, 0.4) is 0 Å². The minimum atomic E-state index is -1.30. The number of halogens is 2. The van der Waals surface area contributed by atoms with Gasteiger partial charge in [0, 0.05) is 12.6 Å². The van der Waals surface area contributed by atoms with Gasteiger partial charge in [-0.25, -0.2) is 13.6 Å². The zero-order chi connectivity index (χ0) is 16.7. The van der Waals surface area contributed by atoms with Gasteiger partial charge in [-0.2, -0.15) is 0 Å². The second-order valence-electron chi connectivity index (χ2n) is 5.66. The molecule has 0 fully saturated rings. The third-order valence-electron chi connectivity index (χ3n) is 3.06. The predicted molar refractivity (Wildman–Crippen MR) is 78.7 cm³/mol. The van der Waals surface area contributed by atoms with Gasteiger partial charge in [-0.15, -0.1) is 0 Å². The van der Waals surface area contributed by atoms with Gasteiger partial charge in [0.25, 0.3) is 0 Å². The second kappa shape index (κ2) is 8.65. The molecule has 22 heavy (non-hydrogen) atoms. The van der Waals surface area contributed by atoms with Gasteiger partial charge in [0.1, 0.15) is 11.6 Å². The van der Waals surface area contributed by atoms with E-state index in [-0.39, 0.29) is 18.5 Å². The summed E-state index contributed by atoms with van der Waals surface area (Å²) < 4.78 is 26.4. The maximum atomic E-state index is 13.2. The van der Waals surface area contributed by atoms with E-state index in [4.69, 9.17) is 5.11 Å². The van der Waals surface area contributed by atoms with Crippen molar-refractivity contribution >= 4 is 6.09 Å². The number of aliphatic hydroxyl groups is 1. The number of hydrogen-bond donors (Lipinski definition) is 4. The van der Waals surface area contributed by atoms with E-state index in [1.165, 1.54) is 0 Å². The molecule has 124 valence electrons. The zero-order valence-corrected chi connectivity index (χ0v) is 12.6. The Morgan fingerprint density at radius 1 is 1.18 bits per heavy atom. The minimum Gasteiger partial charge on any atom is -0.465 e. The van der Waals surface area contributed by atoms with Gasteiger partial charge < -0.3 is 20.8 Å². The highest BCUT2D eigenvalue weighted by atomic mass is 19.1. The first-order valence-corrected chi connectivity index (χ1v) is 7.11. The van der Waals surface area contributed by atoms with Crippen molar-refractivity contribution in [1.82, 2.24) is 10.6 Å². The molecule has 0 spiro atoms. The molecular weight excluding hydrogens is 294 g/mol. The molecule has 5 nitrogen and oxygen atoms in total. The first-order valence-electron chi connectivity index (χ1n) is 7.11. The molecule has 7 heteroatoms. The van der Waals surface area contributed by atoms with Crippen LogP contribution in [0.15, 0.2) is 18.2 Å². The molecule has 1 amide bonds. The number of carbonyl (C=O) groups is 1. The van der Waals surface area contributed by atoms with Crippen LogP contribution >= 0.6 is 0 Å². The summed E-state index contributed by atoms with van der Waals surface area (Å²) in [6.07, 6.45) is -2.32. The minimum absolute atomic E-state index is 0.00843. The summed E-state index contributed by atoms with van der Waals surface area (Å²) in [5.41, 5.74) is 0.277. The second-order valence-corrected chi connectivity index (χ2v) is 5.66. The number of hydrogen-bond acceptors (Lipinski definition) is 3. The Kier molecular flexibility index (Phi) is 7.20. The maximum Gasteiger partial charge on any atom is 0.404 e. The Balaban J connectivity index is 2.72. The summed E-state index contributed by atoms with van der Waals surface area (Å²) in [4.78, 5) is 10.8. The molecule has 0 bridgehead atoms. The van der Waals surface area contributed by atoms with E-state index in [1.807, 2.05) is 13.8 Å².